The van der Waals surface area contributed by atoms with Crippen LogP contribution in [0.15, 0.2) is 28.0 Å². The summed E-state index contributed by atoms with van der Waals surface area (Å²) in [6.45, 7) is 11.7. The van der Waals surface area contributed by atoms with E-state index in [-0.39, 0.29) is 23.5 Å². The summed E-state index contributed by atoms with van der Waals surface area (Å²) in [5.74, 6) is 0.578. The van der Waals surface area contributed by atoms with Crippen molar-refractivity contribution in [3.05, 3.63) is 44.7 Å². The molecule has 1 amide bonds. The minimum Gasteiger partial charge on any atom is -0.379 e. The Hall–Kier alpha value is -2.23. The molecular weight excluding hydrogens is 444 g/mol. The lowest BCUT2D eigenvalue weighted by Gasteiger charge is -2.16. The van der Waals surface area contributed by atoms with E-state index in [2.05, 4.69) is 10.3 Å². The van der Waals surface area contributed by atoms with Gasteiger partial charge >= 0.3 is 0 Å². The molecule has 0 bridgehead atoms. The number of rotatable bonds is 9. The van der Waals surface area contributed by atoms with Crippen molar-refractivity contribution in [2.75, 3.05) is 25.0 Å². The van der Waals surface area contributed by atoms with Crippen LogP contribution in [0.4, 0.5) is 5.82 Å². The fourth-order valence-electron chi connectivity index (χ4n) is 3.28. The van der Waals surface area contributed by atoms with Crippen molar-refractivity contribution in [1.82, 2.24) is 14.3 Å². The topological polar surface area (TPSA) is 75.9 Å². The molecule has 2 aromatic heterocycles. The third-order valence-corrected chi connectivity index (χ3v) is 6.14. The Balaban J connectivity index is 1.97. The molecule has 0 atom stereocenters. The van der Waals surface area contributed by atoms with Gasteiger partial charge < -0.3 is 10.1 Å². The first-order chi connectivity index (χ1) is 15.2. The number of fused-ring (bicyclic) bond motifs is 1. The van der Waals surface area contributed by atoms with Crippen molar-refractivity contribution in [3.8, 4) is 0 Å². The molecule has 0 aromatic carbocycles. The Labute approximate surface area is 198 Å². The van der Waals surface area contributed by atoms with Crippen LogP contribution in [0.2, 0.25) is 0 Å². The van der Waals surface area contributed by atoms with Crippen LogP contribution in [-0.2, 0) is 9.53 Å². The van der Waals surface area contributed by atoms with Crippen molar-refractivity contribution < 1.29 is 9.53 Å². The van der Waals surface area contributed by atoms with Gasteiger partial charge in [-0.2, -0.15) is 0 Å². The van der Waals surface area contributed by atoms with Gasteiger partial charge in [0.2, 0.25) is 0 Å². The molecule has 9 heteroatoms. The van der Waals surface area contributed by atoms with Crippen molar-refractivity contribution in [2.24, 2.45) is 5.92 Å². The minimum absolute atomic E-state index is 0.168. The summed E-state index contributed by atoms with van der Waals surface area (Å²) >= 11 is 6.63. The minimum atomic E-state index is -0.228. The van der Waals surface area contributed by atoms with Gasteiger partial charge in [-0.25, -0.2) is 4.98 Å². The Morgan fingerprint density at radius 1 is 1.25 bits per heavy atom. The Morgan fingerprint density at radius 3 is 2.69 bits per heavy atom. The second kappa shape index (κ2) is 10.6. The lowest BCUT2D eigenvalue weighted by atomic mass is 10.2. The highest BCUT2D eigenvalue weighted by molar-refractivity contribution is 8.26. The van der Waals surface area contributed by atoms with Gasteiger partial charge in [0.25, 0.3) is 11.5 Å². The van der Waals surface area contributed by atoms with Crippen molar-refractivity contribution >= 4 is 51.7 Å². The second-order valence-corrected chi connectivity index (χ2v) is 10.2. The van der Waals surface area contributed by atoms with E-state index < -0.39 is 0 Å². The van der Waals surface area contributed by atoms with Gasteiger partial charge in [-0.1, -0.05) is 43.9 Å². The average Bonchev–Trinajstić information content (AvgIpc) is 2.97. The smallest absolute Gasteiger partial charge is 0.267 e. The van der Waals surface area contributed by atoms with E-state index in [1.54, 1.807) is 17.2 Å². The summed E-state index contributed by atoms with van der Waals surface area (Å²) in [6, 6.07) is 3.73. The molecule has 1 fully saturated rings. The van der Waals surface area contributed by atoms with Gasteiger partial charge in [0.15, 0.2) is 0 Å². The highest BCUT2D eigenvalue weighted by Gasteiger charge is 2.32. The first-order valence-corrected chi connectivity index (χ1v) is 12.0. The first-order valence-electron chi connectivity index (χ1n) is 10.8. The normalized spacial score (nSPS) is 15.7. The van der Waals surface area contributed by atoms with Crippen molar-refractivity contribution in [1.29, 1.82) is 0 Å². The summed E-state index contributed by atoms with van der Waals surface area (Å²) < 4.78 is 7.62. The fourth-order valence-corrected chi connectivity index (χ4v) is 4.53. The number of hydrogen-bond donors (Lipinski definition) is 1. The quantitative estimate of drug-likeness (QED) is 0.333. The van der Waals surface area contributed by atoms with Gasteiger partial charge in [-0.3, -0.25) is 18.9 Å². The van der Waals surface area contributed by atoms with E-state index >= 15 is 0 Å². The number of thioether (sulfide) groups is 1. The number of carbonyl (C=O) groups is 1. The summed E-state index contributed by atoms with van der Waals surface area (Å²) in [5, 5.41) is 3.26. The molecule has 0 aliphatic carbocycles. The van der Waals surface area contributed by atoms with E-state index in [4.69, 9.17) is 17.0 Å². The molecule has 0 spiro atoms. The third kappa shape index (κ3) is 5.76. The van der Waals surface area contributed by atoms with E-state index in [9.17, 15) is 9.59 Å². The monoisotopic (exact) mass is 474 g/mol. The van der Waals surface area contributed by atoms with E-state index in [0.717, 1.165) is 12.0 Å². The zero-order chi connectivity index (χ0) is 23.4. The van der Waals surface area contributed by atoms with Gasteiger partial charge in [0.1, 0.15) is 15.8 Å². The first kappa shape index (κ1) is 24.4. The maximum absolute atomic E-state index is 13.4. The predicted octanol–water partition coefficient (Wildman–Crippen LogP) is 4.09. The maximum Gasteiger partial charge on any atom is 0.267 e. The molecule has 7 nitrogen and oxygen atoms in total. The number of pyridine rings is 1. The Morgan fingerprint density at radius 2 is 2.00 bits per heavy atom. The molecule has 0 unspecified atom stereocenters. The number of amides is 1. The average molecular weight is 475 g/mol. The Bertz CT molecular complexity index is 1110. The molecule has 1 N–H and O–H groups in total. The number of nitrogens with one attached hydrogen (secondary N) is 1. The van der Waals surface area contributed by atoms with Gasteiger partial charge in [-0.05, 0) is 50.8 Å². The standard InChI is InChI=1S/C23H30N4O3S2/c1-14(2)12-27-22(29)18(32-23(27)31)11-17-20(24-9-6-10-30-15(3)4)25-19-8-7-16(5)13-26(19)21(17)28/h7-8,11,13-15,24H,6,9-10,12H2,1-5H3. The van der Waals surface area contributed by atoms with Crippen LogP contribution >= 0.6 is 24.0 Å². The number of ether oxygens (including phenoxy) is 1. The summed E-state index contributed by atoms with van der Waals surface area (Å²) in [6.07, 6.45) is 4.32. The molecule has 1 saturated heterocycles. The number of thiocarbonyl (C=S) groups is 1. The van der Waals surface area contributed by atoms with Crippen LogP contribution in [-0.4, -0.2) is 50.3 Å². The molecule has 0 saturated carbocycles. The summed E-state index contributed by atoms with van der Waals surface area (Å²) in [5.41, 5.74) is 1.62. The maximum atomic E-state index is 13.4. The van der Waals surface area contributed by atoms with Crippen LogP contribution < -0.4 is 10.9 Å². The molecule has 1 aliphatic heterocycles. The number of nitrogens with zero attached hydrogens (tertiary/aromatic N) is 3. The summed E-state index contributed by atoms with van der Waals surface area (Å²) in [7, 11) is 0. The highest BCUT2D eigenvalue weighted by atomic mass is 32.2. The zero-order valence-corrected chi connectivity index (χ0v) is 20.8. The van der Waals surface area contributed by atoms with Crippen molar-refractivity contribution in [2.45, 2.75) is 47.1 Å². The van der Waals surface area contributed by atoms with Gasteiger partial charge in [-0.15, -0.1) is 0 Å². The van der Waals surface area contributed by atoms with E-state index in [0.29, 0.717) is 46.0 Å². The van der Waals surface area contributed by atoms with Crippen LogP contribution in [0.5, 0.6) is 0 Å². The number of aryl methyl sites for hydroxylation is 1. The molecule has 1 aliphatic rings. The molecule has 32 heavy (non-hydrogen) atoms. The Kier molecular flexibility index (Phi) is 8.08. The van der Waals surface area contributed by atoms with E-state index in [1.165, 1.54) is 16.2 Å². The van der Waals surface area contributed by atoms with E-state index in [1.807, 2.05) is 46.8 Å². The van der Waals surface area contributed by atoms with Gasteiger partial charge in [0.05, 0.1) is 16.6 Å². The van der Waals surface area contributed by atoms with Crippen LogP contribution in [0, 0.1) is 12.8 Å². The number of carbonyl (C=O) groups excluding carboxylic acids is 1. The number of anilines is 1. The molecule has 3 rings (SSSR count). The van der Waals surface area contributed by atoms with Crippen LogP contribution in [0.25, 0.3) is 11.7 Å². The van der Waals surface area contributed by atoms with Crippen molar-refractivity contribution in [3.63, 3.8) is 0 Å². The molecule has 172 valence electrons. The molecular formula is C23H30N4O3S2. The third-order valence-electron chi connectivity index (χ3n) is 4.77. The number of hydrogen-bond acceptors (Lipinski definition) is 7. The SMILES string of the molecule is Cc1ccc2nc(NCCCOC(C)C)c(C=C3SC(=S)N(CC(C)C)C3=O)c(=O)n2c1. The molecule has 3 heterocycles. The summed E-state index contributed by atoms with van der Waals surface area (Å²) in [4.78, 5) is 33.0. The lowest BCUT2D eigenvalue weighted by molar-refractivity contribution is -0.122. The molecule has 2 aromatic rings. The molecule has 0 radical (unpaired) electrons. The highest BCUT2D eigenvalue weighted by Crippen LogP contribution is 2.33. The largest absolute Gasteiger partial charge is 0.379 e. The lowest BCUT2D eigenvalue weighted by Crippen LogP contribution is -2.31. The van der Waals surface area contributed by atoms with Crippen LogP contribution in [0.3, 0.4) is 0 Å². The van der Waals surface area contributed by atoms with Gasteiger partial charge in [0, 0.05) is 25.9 Å². The zero-order valence-electron chi connectivity index (χ0n) is 19.2. The van der Waals surface area contributed by atoms with Crippen LogP contribution in [0.1, 0.15) is 45.2 Å². The fraction of sp³-hybridized carbons (Fsp3) is 0.478. The second-order valence-electron chi connectivity index (χ2n) is 8.50. The number of aromatic nitrogens is 2. The predicted molar refractivity (Wildman–Crippen MR) is 135 cm³/mol.